The summed E-state index contributed by atoms with van der Waals surface area (Å²) in [6, 6.07) is 9.76. The van der Waals surface area contributed by atoms with Gasteiger partial charge in [-0.2, -0.15) is 0 Å². The third kappa shape index (κ3) is 1.28. The molecule has 0 aromatic heterocycles. The van der Waals surface area contributed by atoms with Crippen molar-refractivity contribution in [1.82, 2.24) is 0 Å². The molecule has 2 atom stereocenters. The molecule has 1 saturated carbocycles. The molecule has 12 heavy (non-hydrogen) atoms. The average Bonchev–Trinajstić information content (AvgIpc) is 2.83. The van der Waals surface area contributed by atoms with E-state index in [0.29, 0.717) is 5.92 Å². The Morgan fingerprint density at radius 1 is 1.33 bits per heavy atom. The molecule has 2 rings (SSSR count). The van der Waals surface area contributed by atoms with Crippen molar-refractivity contribution in [1.29, 1.82) is 0 Å². The van der Waals surface area contributed by atoms with E-state index in [-0.39, 0.29) is 6.10 Å². The number of hydrogen-bond acceptors (Lipinski definition) is 1. The first kappa shape index (κ1) is 7.56. The molecule has 0 heterocycles. The molecule has 1 aromatic carbocycles. The summed E-state index contributed by atoms with van der Waals surface area (Å²) in [5.74, 6) is 0.312. The lowest BCUT2D eigenvalue weighted by Gasteiger charge is -2.07. The Bertz CT molecular complexity index is 289. The van der Waals surface area contributed by atoms with Gasteiger partial charge in [0.1, 0.15) is 0 Å². The van der Waals surface area contributed by atoms with Gasteiger partial charge in [-0.25, -0.2) is 0 Å². The van der Waals surface area contributed by atoms with Crippen LogP contribution >= 0.6 is 0 Å². The van der Waals surface area contributed by atoms with Crippen molar-refractivity contribution in [3.63, 3.8) is 0 Å². The second kappa shape index (κ2) is 2.76. The highest BCUT2D eigenvalue weighted by Crippen LogP contribution is 2.45. The van der Waals surface area contributed by atoms with Crippen molar-refractivity contribution >= 4 is 0 Å². The molecule has 1 fully saturated rings. The number of aliphatic hydroxyl groups excluding tert-OH is 1. The Morgan fingerprint density at radius 2 is 1.92 bits per heavy atom. The van der Waals surface area contributed by atoms with Crippen LogP contribution in [0, 0.1) is 5.92 Å². The van der Waals surface area contributed by atoms with Crippen LogP contribution in [0.4, 0.5) is 0 Å². The molecule has 0 aliphatic heterocycles. The molecule has 1 aliphatic rings. The van der Waals surface area contributed by atoms with E-state index in [0.717, 1.165) is 12.0 Å². The van der Waals surface area contributed by atoms with E-state index in [1.807, 2.05) is 30.3 Å². The van der Waals surface area contributed by atoms with Crippen LogP contribution in [0.25, 0.3) is 0 Å². The fraction of sp³-hybridized carbons (Fsp3) is 0.273. The average molecular weight is 160 g/mol. The van der Waals surface area contributed by atoms with Gasteiger partial charge >= 0.3 is 0 Å². The smallest absolute Gasteiger partial charge is 0.0858 e. The van der Waals surface area contributed by atoms with E-state index < -0.39 is 0 Å². The minimum absolute atomic E-state index is 0.312. The Hall–Kier alpha value is -1.08. The van der Waals surface area contributed by atoms with Crippen molar-refractivity contribution in [2.75, 3.05) is 0 Å². The molecule has 0 radical (unpaired) electrons. The molecule has 0 amide bonds. The third-order valence-corrected chi connectivity index (χ3v) is 2.37. The maximum atomic E-state index is 9.77. The van der Waals surface area contributed by atoms with Crippen molar-refractivity contribution in [2.45, 2.75) is 12.5 Å². The SMILES string of the molecule is C=C1C[C@H]1[C@@H](O)c1ccccc1. The molecular formula is C11H12O. The molecule has 1 nitrogen and oxygen atoms in total. The molecule has 1 aromatic rings. The fourth-order valence-electron chi connectivity index (χ4n) is 1.44. The lowest BCUT2D eigenvalue weighted by molar-refractivity contribution is 0.158. The highest BCUT2D eigenvalue weighted by Gasteiger charge is 2.34. The van der Waals surface area contributed by atoms with E-state index in [1.54, 1.807) is 0 Å². The molecule has 1 aliphatic carbocycles. The largest absolute Gasteiger partial charge is 0.388 e. The van der Waals surface area contributed by atoms with Crippen molar-refractivity contribution < 1.29 is 5.11 Å². The van der Waals surface area contributed by atoms with Crippen molar-refractivity contribution in [3.05, 3.63) is 48.0 Å². The third-order valence-electron chi connectivity index (χ3n) is 2.37. The first-order valence-corrected chi connectivity index (χ1v) is 4.19. The summed E-state index contributed by atoms with van der Waals surface area (Å²) < 4.78 is 0. The summed E-state index contributed by atoms with van der Waals surface area (Å²) in [7, 11) is 0. The van der Waals surface area contributed by atoms with E-state index in [1.165, 1.54) is 5.57 Å². The lowest BCUT2D eigenvalue weighted by Crippen LogP contribution is -1.98. The van der Waals surface area contributed by atoms with Crippen molar-refractivity contribution in [3.8, 4) is 0 Å². The second-order valence-electron chi connectivity index (χ2n) is 3.32. The quantitative estimate of drug-likeness (QED) is 0.658. The minimum Gasteiger partial charge on any atom is -0.388 e. The predicted molar refractivity (Wildman–Crippen MR) is 48.6 cm³/mol. The molecule has 62 valence electrons. The van der Waals surface area contributed by atoms with E-state index in [4.69, 9.17) is 0 Å². The Kier molecular flexibility index (Phi) is 1.74. The van der Waals surface area contributed by atoms with Gasteiger partial charge < -0.3 is 5.11 Å². The van der Waals surface area contributed by atoms with Gasteiger partial charge in [0, 0.05) is 5.92 Å². The minimum atomic E-state index is -0.335. The molecule has 1 heteroatoms. The van der Waals surface area contributed by atoms with Crippen LogP contribution in [0.1, 0.15) is 18.1 Å². The van der Waals surface area contributed by atoms with Gasteiger partial charge in [0.05, 0.1) is 6.10 Å². The molecule has 0 unspecified atom stereocenters. The summed E-state index contributed by atoms with van der Waals surface area (Å²) in [5, 5.41) is 9.77. The predicted octanol–water partition coefficient (Wildman–Crippen LogP) is 2.30. The molecule has 1 N–H and O–H groups in total. The van der Waals surface area contributed by atoms with Gasteiger partial charge in [-0.1, -0.05) is 42.5 Å². The summed E-state index contributed by atoms with van der Waals surface area (Å²) in [6.45, 7) is 3.83. The summed E-state index contributed by atoms with van der Waals surface area (Å²) >= 11 is 0. The van der Waals surface area contributed by atoms with E-state index in [9.17, 15) is 5.11 Å². The van der Waals surface area contributed by atoms with E-state index in [2.05, 4.69) is 6.58 Å². The molecule has 0 saturated heterocycles. The highest BCUT2D eigenvalue weighted by molar-refractivity contribution is 5.28. The Morgan fingerprint density at radius 3 is 2.42 bits per heavy atom. The van der Waals surface area contributed by atoms with Crippen LogP contribution in [0.5, 0.6) is 0 Å². The van der Waals surface area contributed by atoms with Gasteiger partial charge in [-0.15, -0.1) is 0 Å². The van der Waals surface area contributed by atoms with Gasteiger partial charge in [0.15, 0.2) is 0 Å². The number of aliphatic hydroxyl groups is 1. The van der Waals surface area contributed by atoms with Gasteiger partial charge in [-0.3, -0.25) is 0 Å². The maximum absolute atomic E-state index is 9.77. The summed E-state index contributed by atoms with van der Waals surface area (Å²) in [5.41, 5.74) is 2.17. The van der Waals surface area contributed by atoms with Crippen LogP contribution in [-0.4, -0.2) is 5.11 Å². The van der Waals surface area contributed by atoms with Crippen LogP contribution < -0.4 is 0 Å². The fourth-order valence-corrected chi connectivity index (χ4v) is 1.44. The van der Waals surface area contributed by atoms with Crippen LogP contribution in [0.3, 0.4) is 0 Å². The molecule has 0 bridgehead atoms. The maximum Gasteiger partial charge on any atom is 0.0858 e. The number of hydrogen-bond donors (Lipinski definition) is 1. The molecular weight excluding hydrogens is 148 g/mol. The summed E-state index contributed by atoms with van der Waals surface area (Å²) in [6.07, 6.45) is 0.648. The highest BCUT2D eigenvalue weighted by atomic mass is 16.3. The van der Waals surface area contributed by atoms with Crippen LogP contribution in [0.2, 0.25) is 0 Å². The van der Waals surface area contributed by atoms with Crippen LogP contribution in [-0.2, 0) is 0 Å². The number of rotatable bonds is 2. The zero-order chi connectivity index (χ0) is 8.55. The first-order valence-electron chi connectivity index (χ1n) is 4.19. The first-order chi connectivity index (χ1) is 5.79. The van der Waals surface area contributed by atoms with Gasteiger partial charge in [-0.05, 0) is 12.0 Å². The Labute approximate surface area is 72.4 Å². The van der Waals surface area contributed by atoms with Gasteiger partial charge in [0.25, 0.3) is 0 Å². The Balaban J connectivity index is 2.15. The van der Waals surface area contributed by atoms with E-state index >= 15 is 0 Å². The topological polar surface area (TPSA) is 20.2 Å². The standard InChI is InChI=1S/C11H12O/c1-8-7-10(8)11(12)9-5-3-2-4-6-9/h2-6,10-12H,1,7H2/t10-,11+/m1/s1. The lowest BCUT2D eigenvalue weighted by atomic mass is 10.1. The van der Waals surface area contributed by atoms with Crippen LogP contribution in [0.15, 0.2) is 42.5 Å². The monoisotopic (exact) mass is 160 g/mol. The normalized spacial score (nSPS) is 23.8. The zero-order valence-electron chi connectivity index (χ0n) is 6.90. The second-order valence-corrected chi connectivity index (χ2v) is 3.32. The molecule has 0 spiro atoms. The zero-order valence-corrected chi connectivity index (χ0v) is 6.90. The number of benzene rings is 1. The van der Waals surface area contributed by atoms with Gasteiger partial charge in [0.2, 0.25) is 0 Å². The summed E-state index contributed by atoms with van der Waals surface area (Å²) in [4.78, 5) is 0. The van der Waals surface area contributed by atoms with Crippen molar-refractivity contribution in [2.24, 2.45) is 5.92 Å².